The van der Waals surface area contributed by atoms with Gasteiger partial charge in [-0.1, -0.05) is 12.1 Å². The first kappa shape index (κ1) is 27.9. The van der Waals surface area contributed by atoms with Gasteiger partial charge in [0.15, 0.2) is 23.0 Å². The van der Waals surface area contributed by atoms with E-state index in [1.165, 1.54) is 33.3 Å². The van der Waals surface area contributed by atoms with Crippen LogP contribution in [0.2, 0.25) is 0 Å². The molecule has 0 amide bonds. The van der Waals surface area contributed by atoms with Crippen LogP contribution in [0.25, 0.3) is 0 Å². The van der Waals surface area contributed by atoms with Crippen molar-refractivity contribution >= 4 is 11.8 Å². The normalized spacial score (nSPS) is 13.5. The molecule has 0 radical (unpaired) electrons. The lowest BCUT2D eigenvalue weighted by molar-refractivity contribution is -0.154. The van der Waals surface area contributed by atoms with Crippen molar-refractivity contribution in [2.75, 3.05) is 20.8 Å². The van der Waals surface area contributed by atoms with Gasteiger partial charge < -0.3 is 34.6 Å². The number of methoxy groups -OCH3 is 2. The number of phenolic OH excluding ortho intramolecular Hbond substituents is 2. The minimum absolute atomic E-state index is 0.0209. The van der Waals surface area contributed by atoms with E-state index in [4.69, 9.17) is 14.2 Å². The third kappa shape index (κ3) is 8.45. The number of Topliss-reactive ketones (excluding diaryl/α,β-unsaturated/α-hetero) is 1. The van der Waals surface area contributed by atoms with Crippen LogP contribution in [0.15, 0.2) is 36.4 Å². The van der Waals surface area contributed by atoms with Crippen molar-refractivity contribution in [1.82, 2.24) is 0 Å². The number of ketones is 1. The third-order valence-corrected chi connectivity index (χ3v) is 5.72. The minimum Gasteiger partial charge on any atom is -0.504 e. The molecule has 0 aromatic heterocycles. The van der Waals surface area contributed by atoms with Crippen molar-refractivity contribution in [3.05, 3.63) is 47.5 Å². The van der Waals surface area contributed by atoms with Crippen LogP contribution in [0, 0.1) is 0 Å². The average molecular weight is 491 g/mol. The van der Waals surface area contributed by atoms with Gasteiger partial charge in [-0.2, -0.15) is 0 Å². The number of aromatic hydroxyl groups is 2. The van der Waals surface area contributed by atoms with E-state index in [0.29, 0.717) is 18.4 Å². The molecule has 3 atom stereocenters. The Balaban J connectivity index is 2.16. The lowest BCUT2D eigenvalue weighted by Crippen LogP contribution is -2.34. The number of hydrogen-bond donors (Lipinski definition) is 4. The second-order valence-electron chi connectivity index (χ2n) is 8.37. The van der Waals surface area contributed by atoms with Crippen molar-refractivity contribution in [1.29, 1.82) is 0 Å². The summed E-state index contributed by atoms with van der Waals surface area (Å²) in [6.45, 7) is 1.17. The summed E-state index contributed by atoms with van der Waals surface area (Å²) >= 11 is 0. The number of aliphatic hydroxyl groups excluding tert-OH is 2. The molecule has 2 aromatic carbocycles. The molecule has 9 nitrogen and oxygen atoms in total. The first-order chi connectivity index (χ1) is 16.7. The van der Waals surface area contributed by atoms with Gasteiger partial charge in [-0.25, -0.2) is 0 Å². The Morgan fingerprint density at radius 1 is 0.943 bits per heavy atom. The minimum atomic E-state index is -1.17. The number of aliphatic hydroxyl groups is 2. The van der Waals surface area contributed by atoms with Gasteiger partial charge in [0.1, 0.15) is 11.9 Å². The van der Waals surface area contributed by atoms with Crippen LogP contribution < -0.4 is 9.47 Å². The van der Waals surface area contributed by atoms with Crippen LogP contribution in [0.5, 0.6) is 23.0 Å². The lowest BCUT2D eigenvalue weighted by Gasteiger charge is -2.24. The molecule has 0 saturated heterocycles. The van der Waals surface area contributed by atoms with E-state index in [1.807, 2.05) is 0 Å². The number of carbonyl (C=O) groups excluding carboxylic acids is 2. The molecule has 0 aliphatic heterocycles. The van der Waals surface area contributed by atoms with Crippen LogP contribution in [0.3, 0.4) is 0 Å². The van der Waals surface area contributed by atoms with Gasteiger partial charge in [0.05, 0.1) is 20.3 Å². The molecule has 35 heavy (non-hydrogen) atoms. The molecule has 2 rings (SSSR count). The summed E-state index contributed by atoms with van der Waals surface area (Å²) in [7, 11) is 2.84. The quantitative estimate of drug-likeness (QED) is 0.294. The molecular formula is C26H34O9. The highest BCUT2D eigenvalue weighted by Gasteiger charge is 2.27. The van der Waals surface area contributed by atoms with E-state index in [-0.39, 0.29) is 60.6 Å². The first-order valence-corrected chi connectivity index (χ1v) is 11.4. The zero-order chi connectivity index (χ0) is 26.0. The number of ether oxygens (including phenoxy) is 3. The molecule has 9 heteroatoms. The highest BCUT2D eigenvalue weighted by molar-refractivity contribution is 5.80. The van der Waals surface area contributed by atoms with Crippen LogP contribution >= 0.6 is 0 Å². The molecule has 192 valence electrons. The van der Waals surface area contributed by atoms with Gasteiger partial charge in [-0.05, 0) is 54.2 Å². The zero-order valence-corrected chi connectivity index (χ0v) is 20.3. The van der Waals surface area contributed by atoms with Crippen molar-refractivity contribution in [2.24, 2.45) is 0 Å². The first-order valence-electron chi connectivity index (χ1n) is 11.4. The van der Waals surface area contributed by atoms with Crippen LogP contribution in [0.4, 0.5) is 0 Å². The fourth-order valence-electron chi connectivity index (χ4n) is 3.95. The Hall–Kier alpha value is -3.30. The lowest BCUT2D eigenvalue weighted by atomic mass is 9.87. The fraction of sp³-hybridized carbons (Fsp3) is 0.462. The van der Waals surface area contributed by atoms with Gasteiger partial charge in [-0.15, -0.1) is 0 Å². The molecule has 3 unspecified atom stereocenters. The summed E-state index contributed by atoms with van der Waals surface area (Å²) in [4.78, 5) is 24.7. The Kier molecular flexibility index (Phi) is 10.8. The number of hydrogen-bond acceptors (Lipinski definition) is 9. The van der Waals surface area contributed by atoms with E-state index in [9.17, 15) is 30.0 Å². The Morgan fingerprint density at radius 2 is 1.57 bits per heavy atom. The predicted molar refractivity (Wildman–Crippen MR) is 128 cm³/mol. The summed E-state index contributed by atoms with van der Waals surface area (Å²) < 4.78 is 15.5. The zero-order valence-electron chi connectivity index (χ0n) is 20.3. The number of carbonyl (C=O) groups is 2. The van der Waals surface area contributed by atoms with Gasteiger partial charge in [-0.3, -0.25) is 9.59 Å². The summed E-state index contributed by atoms with van der Waals surface area (Å²) in [5.41, 5.74) is 1.40. The molecule has 0 heterocycles. The summed E-state index contributed by atoms with van der Waals surface area (Å²) in [6, 6.07) is 9.45. The molecule has 2 aromatic rings. The van der Waals surface area contributed by atoms with Crippen molar-refractivity contribution in [3.8, 4) is 23.0 Å². The van der Waals surface area contributed by atoms with Gasteiger partial charge in [0, 0.05) is 32.8 Å². The molecule has 0 aliphatic carbocycles. The molecule has 0 fully saturated rings. The summed E-state index contributed by atoms with van der Waals surface area (Å²) in [5, 5.41) is 39.7. The van der Waals surface area contributed by atoms with Gasteiger partial charge in [0.25, 0.3) is 0 Å². The Bertz CT molecular complexity index is 989. The Morgan fingerprint density at radius 3 is 2.17 bits per heavy atom. The van der Waals surface area contributed by atoms with Crippen LogP contribution in [-0.2, 0) is 20.7 Å². The monoisotopic (exact) mass is 490 g/mol. The van der Waals surface area contributed by atoms with E-state index in [2.05, 4.69) is 0 Å². The second kappa shape index (κ2) is 13.6. The SMILES string of the molecule is COc1cc(CC(O)C(CC(=O)CC(CCCO)c2ccc(O)c(OC)c2)OC(C)=O)ccc1O. The number of rotatable bonds is 14. The van der Waals surface area contributed by atoms with Crippen LogP contribution in [-0.4, -0.2) is 65.2 Å². The third-order valence-electron chi connectivity index (χ3n) is 5.72. The maximum atomic E-state index is 13.0. The number of benzene rings is 2. The highest BCUT2D eigenvalue weighted by Crippen LogP contribution is 2.34. The summed E-state index contributed by atoms with van der Waals surface area (Å²) in [5.74, 6) is -0.656. The predicted octanol–water partition coefficient (Wildman–Crippen LogP) is 2.86. The van der Waals surface area contributed by atoms with Gasteiger partial charge >= 0.3 is 5.97 Å². The molecular weight excluding hydrogens is 456 g/mol. The molecule has 0 spiro atoms. The van der Waals surface area contributed by atoms with E-state index >= 15 is 0 Å². The van der Waals surface area contributed by atoms with Crippen molar-refractivity contribution < 1.29 is 44.2 Å². The molecule has 0 bridgehead atoms. The van der Waals surface area contributed by atoms with Crippen molar-refractivity contribution in [3.63, 3.8) is 0 Å². The fourth-order valence-corrected chi connectivity index (χ4v) is 3.95. The Labute approximate surface area is 204 Å². The average Bonchev–Trinajstić information content (AvgIpc) is 2.82. The largest absolute Gasteiger partial charge is 0.504 e. The topological polar surface area (TPSA) is 143 Å². The van der Waals surface area contributed by atoms with E-state index in [0.717, 1.165) is 5.56 Å². The van der Waals surface area contributed by atoms with Crippen LogP contribution in [0.1, 0.15) is 49.7 Å². The highest BCUT2D eigenvalue weighted by atomic mass is 16.6. The van der Waals surface area contributed by atoms with E-state index < -0.39 is 18.2 Å². The standard InChI is InChI=1S/C26H34O9/c1-16(28)35-26(23(32)11-17-6-8-21(30)24(12-17)33-2)15-20(29)13-18(5-4-10-27)19-7-9-22(31)25(14-19)34-3/h6-9,12,14,18,23,26-27,30-32H,4-5,10-11,13,15H2,1-3H3. The van der Waals surface area contributed by atoms with Crippen molar-refractivity contribution in [2.45, 2.75) is 57.2 Å². The maximum absolute atomic E-state index is 13.0. The second-order valence-corrected chi connectivity index (χ2v) is 8.37. The number of phenols is 2. The molecule has 0 saturated carbocycles. The smallest absolute Gasteiger partial charge is 0.303 e. The molecule has 0 aliphatic rings. The molecule has 4 N–H and O–H groups in total. The number of esters is 1. The van der Waals surface area contributed by atoms with E-state index in [1.54, 1.807) is 24.3 Å². The summed E-state index contributed by atoms with van der Waals surface area (Å²) in [6.07, 6.45) is -1.27. The maximum Gasteiger partial charge on any atom is 0.303 e. The van der Waals surface area contributed by atoms with Gasteiger partial charge in [0.2, 0.25) is 0 Å².